The van der Waals surface area contributed by atoms with E-state index in [4.69, 9.17) is 30.5 Å². The molecule has 1 fully saturated rings. The van der Waals surface area contributed by atoms with Crippen molar-refractivity contribution in [3.63, 3.8) is 0 Å². The fraction of sp³-hybridized carbons (Fsp3) is 0.213. The van der Waals surface area contributed by atoms with E-state index in [0.29, 0.717) is 0 Å². The molecule has 0 radical (unpaired) electrons. The van der Waals surface area contributed by atoms with Crippen molar-refractivity contribution in [2.24, 2.45) is 0 Å². The van der Waals surface area contributed by atoms with Crippen LogP contribution in [0.25, 0.3) is 0 Å². The Morgan fingerprint density at radius 3 is 1.26 bits per heavy atom. The number of hydrogen-bond acceptors (Lipinski definition) is 6. The summed E-state index contributed by atoms with van der Waals surface area (Å²) in [5.41, 5.74) is 2.99. The predicted molar refractivity (Wildman–Crippen MR) is 217 cm³/mol. The van der Waals surface area contributed by atoms with E-state index in [-0.39, 0.29) is 12.5 Å². The lowest BCUT2D eigenvalue weighted by Gasteiger charge is -2.41. The molecule has 7 heteroatoms. The molecule has 54 heavy (non-hydrogen) atoms. The standard InChI is InChI=1S/C47H43ClO5S/c1-2-54-45-44(52-42(49)33-48)43(53-47(38-27-15-6-16-28-38,39-29-17-7-18-30-39)40-31-19-8-20-32-40)41(51-45)34-50-46(35-21-9-3-10-22-35,36-23-11-4-12-24-36)37-25-13-5-14-26-37/h3-32,41,43-45H,2,33-34H2,1H3/t41-,43-,44+,45-/m1/s1. The molecule has 0 N–H and O–H groups in total. The summed E-state index contributed by atoms with van der Waals surface area (Å²) in [6.45, 7) is 2.16. The van der Waals surface area contributed by atoms with E-state index < -0.39 is 40.9 Å². The van der Waals surface area contributed by atoms with E-state index in [1.807, 2.05) is 109 Å². The number of thioether (sulfide) groups is 1. The fourth-order valence-corrected chi connectivity index (χ4v) is 8.49. The molecule has 0 saturated carbocycles. The zero-order chi connectivity index (χ0) is 37.2. The molecule has 274 valence electrons. The molecule has 1 saturated heterocycles. The second kappa shape index (κ2) is 17.6. The lowest BCUT2D eigenvalue weighted by Crippen LogP contribution is -2.48. The molecule has 0 amide bonds. The summed E-state index contributed by atoms with van der Waals surface area (Å²) in [7, 11) is 0. The molecule has 6 aromatic rings. The van der Waals surface area contributed by atoms with Gasteiger partial charge in [-0.05, 0) is 39.1 Å². The largest absolute Gasteiger partial charge is 0.455 e. The number of benzene rings is 6. The second-order valence-corrected chi connectivity index (χ2v) is 14.7. The maximum Gasteiger partial charge on any atom is 0.321 e. The van der Waals surface area contributed by atoms with Gasteiger partial charge < -0.3 is 18.9 Å². The molecular weight excluding hydrogens is 712 g/mol. The van der Waals surface area contributed by atoms with Crippen molar-refractivity contribution in [1.29, 1.82) is 0 Å². The molecule has 5 nitrogen and oxygen atoms in total. The minimum atomic E-state index is -1.12. The topological polar surface area (TPSA) is 54.0 Å². The molecule has 4 atom stereocenters. The highest BCUT2D eigenvalue weighted by Crippen LogP contribution is 2.47. The first kappa shape index (κ1) is 37.6. The van der Waals surface area contributed by atoms with Crippen molar-refractivity contribution in [2.75, 3.05) is 18.2 Å². The van der Waals surface area contributed by atoms with Crippen LogP contribution in [0.15, 0.2) is 182 Å². The Labute approximate surface area is 327 Å². The summed E-state index contributed by atoms with van der Waals surface area (Å²) in [5.74, 6) is -0.115. The van der Waals surface area contributed by atoms with Crippen LogP contribution in [0.3, 0.4) is 0 Å². The number of hydrogen-bond donors (Lipinski definition) is 0. The van der Waals surface area contributed by atoms with E-state index in [1.165, 1.54) is 0 Å². The summed E-state index contributed by atoms with van der Waals surface area (Å²) in [4.78, 5) is 13.1. The van der Waals surface area contributed by atoms with E-state index in [1.54, 1.807) is 11.8 Å². The predicted octanol–water partition coefficient (Wildman–Crippen LogP) is 10.0. The Hall–Kier alpha value is -4.69. The van der Waals surface area contributed by atoms with Crippen molar-refractivity contribution >= 4 is 29.3 Å². The Balaban J connectivity index is 1.39. The van der Waals surface area contributed by atoms with Crippen LogP contribution in [0.5, 0.6) is 0 Å². The van der Waals surface area contributed by atoms with Gasteiger partial charge in [-0.2, -0.15) is 0 Å². The quantitative estimate of drug-likeness (QED) is 0.0591. The lowest BCUT2D eigenvalue weighted by atomic mass is 9.79. The maximum atomic E-state index is 13.1. The van der Waals surface area contributed by atoms with Crippen molar-refractivity contribution in [1.82, 2.24) is 0 Å². The molecule has 0 unspecified atom stereocenters. The highest BCUT2D eigenvalue weighted by atomic mass is 35.5. The third-order valence-electron chi connectivity index (χ3n) is 9.83. The van der Waals surface area contributed by atoms with Gasteiger partial charge in [0.25, 0.3) is 0 Å². The molecule has 1 aliphatic heterocycles. The number of halogens is 1. The molecule has 0 aliphatic carbocycles. The van der Waals surface area contributed by atoms with Crippen LogP contribution in [0.1, 0.15) is 40.3 Å². The normalized spacial score (nSPS) is 18.6. The molecule has 7 rings (SSSR count). The van der Waals surface area contributed by atoms with Crippen LogP contribution < -0.4 is 0 Å². The zero-order valence-electron chi connectivity index (χ0n) is 30.1. The van der Waals surface area contributed by atoms with Gasteiger partial charge in [0.15, 0.2) is 6.10 Å². The number of rotatable bonds is 15. The van der Waals surface area contributed by atoms with Crippen LogP contribution in [0.2, 0.25) is 0 Å². The average molecular weight is 755 g/mol. The van der Waals surface area contributed by atoms with Gasteiger partial charge in [0.05, 0.1) is 6.61 Å². The van der Waals surface area contributed by atoms with Gasteiger partial charge in [0, 0.05) is 0 Å². The molecule has 0 bridgehead atoms. The Morgan fingerprint density at radius 1 is 0.574 bits per heavy atom. The first-order valence-corrected chi connectivity index (χ1v) is 19.9. The third kappa shape index (κ3) is 7.63. The zero-order valence-corrected chi connectivity index (χ0v) is 31.7. The van der Waals surface area contributed by atoms with E-state index in [2.05, 4.69) is 79.7 Å². The second-order valence-electron chi connectivity index (χ2n) is 13.0. The van der Waals surface area contributed by atoms with Gasteiger partial charge >= 0.3 is 5.97 Å². The van der Waals surface area contributed by atoms with Gasteiger partial charge in [-0.3, -0.25) is 4.79 Å². The van der Waals surface area contributed by atoms with Crippen LogP contribution in [-0.2, 0) is 34.9 Å². The summed E-state index contributed by atoms with van der Waals surface area (Å²) in [6.07, 6.45) is -2.26. The molecule has 1 heterocycles. The van der Waals surface area contributed by atoms with E-state index in [9.17, 15) is 4.79 Å². The summed E-state index contributed by atoms with van der Waals surface area (Å²) in [6, 6.07) is 61.3. The first-order chi connectivity index (χ1) is 26.6. The Kier molecular flexibility index (Phi) is 12.3. The summed E-state index contributed by atoms with van der Waals surface area (Å²) >= 11 is 7.66. The van der Waals surface area contributed by atoms with Gasteiger partial charge in [-0.25, -0.2) is 0 Å². The number of alkyl halides is 1. The fourth-order valence-electron chi connectivity index (χ4n) is 7.48. The van der Waals surface area contributed by atoms with Crippen molar-refractivity contribution in [3.05, 3.63) is 215 Å². The van der Waals surface area contributed by atoms with Gasteiger partial charge in [-0.1, -0.05) is 189 Å². The molecule has 0 spiro atoms. The number of carbonyl (C=O) groups excluding carboxylic acids is 1. The van der Waals surface area contributed by atoms with Crippen molar-refractivity contribution in [2.45, 2.75) is 41.9 Å². The van der Waals surface area contributed by atoms with Crippen LogP contribution >= 0.6 is 23.4 Å². The van der Waals surface area contributed by atoms with Crippen LogP contribution in [0, 0.1) is 0 Å². The molecule has 6 aromatic carbocycles. The highest BCUT2D eigenvalue weighted by molar-refractivity contribution is 7.99. The number of carbonyl (C=O) groups is 1. The average Bonchev–Trinajstić information content (AvgIpc) is 3.56. The molecular formula is C47H43ClO5S. The maximum absolute atomic E-state index is 13.1. The van der Waals surface area contributed by atoms with E-state index >= 15 is 0 Å². The van der Waals surface area contributed by atoms with Crippen molar-refractivity contribution < 1.29 is 23.7 Å². The number of ether oxygens (including phenoxy) is 4. The van der Waals surface area contributed by atoms with Gasteiger partial charge in [0.2, 0.25) is 0 Å². The minimum Gasteiger partial charge on any atom is -0.455 e. The summed E-state index contributed by atoms with van der Waals surface area (Å²) in [5, 5.41) is 0. The smallest absolute Gasteiger partial charge is 0.321 e. The highest BCUT2D eigenvalue weighted by Gasteiger charge is 2.54. The molecule has 1 aliphatic rings. The third-order valence-corrected chi connectivity index (χ3v) is 11.1. The number of esters is 1. The molecule has 0 aromatic heterocycles. The van der Waals surface area contributed by atoms with Gasteiger partial charge in [-0.15, -0.1) is 23.4 Å². The monoisotopic (exact) mass is 754 g/mol. The first-order valence-electron chi connectivity index (χ1n) is 18.3. The van der Waals surface area contributed by atoms with Crippen LogP contribution in [-0.4, -0.2) is 48.0 Å². The van der Waals surface area contributed by atoms with E-state index in [0.717, 1.165) is 39.1 Å². The SMILES string of the molecule is CCS[C@H]1O[C@H](COC(c2ccccc2)(c2ccccc2)c2ccccc2)[C@@H](OC(c2ccccc2)(c2ccccc2)c2ccccc2)[C@@H]1OC(=O)CCl. The van der Waals surface area contributed by atoms with Crippen molar-refractivity contribution in [3.8, 4) is 0 Å². The summed E-state index contributed by atoms with van der Waals surface area (Å²) < 4.78 is 28.1. The lowest BCUT2D eigenvalue weighted by molar-refractivity contribution is -0.161. The van der Waals surface area contributed by atoms with Crippen LogP contribution in [0.4, 0.5) is 0 Å². The van der Waals surface area contributed by atoms with Gasteiger partial charge in [0.1, 0.15) is 34.7 Å². The minimum absolute atomic E-state index is 0.105. The Bertz CT molecular complexity index is 1840. The Morgan fingerprint density at radius 2 is 0.926 bits per heavy atom.